The Labute approximate surface area is 150 Å². The van der Waals surface area contributed by atoms with Crippen LogP contribution >= 0.6 is 0 Å². The van der Waals surface area contributed by atoms with Crippen molar-refractivity contribution >= 4 is 11.9 Å². The molecule has 0 aliphatic carbocycles. The highest BCUT2D eigenvalue weighted by atomic mass is 16.5. The lowest BCUT2D eigenvalue weighted by Gasteiger charge is -2.23. The van der Waals surface area contributed by atoms with Gasteiger partial charge < -0.3 is 19.3 Å². The van der Waals surface area contributed by atoms with E-state index in [2.05, 4.69) is 4.90 Å². The highest BCUT2D eigenvalue weighted by Crippen LogP contribution is 2.09. The number of ether oxygens (including phenoxy) is 2. The van der Waals surface area contributed by atoms with Crippen LogP contribution in [0.1, 0.15) is 26.2 Å². The number of hydrogen-bond donors (Lipinski definition) is 0. The van der Waals surface area contributed by atoms with E-state index in [0.29, 0.717) is 32.7 Å². The van der Waals surface area contributed by atoms with Crippen molar-refractivity contribution in [2.24, 2.45) is 0 Å². The summed E-state index contributed by atoms with van der Waals surface area (Å²) in [6.45, 7) is 4.37. The summed E-state index contributed by atoms with van der Waals surface area (Å²) in [5.41, 5.74) is 0. The average molecular weight is 350 g/mol. The van der Waals surface area contributed by atoms with Crippen LogP contribution < -0.4 is 4.74 Å². The van der Waals surface area contributed by atoms with E-state index in [4.69, 9.17) is 9.47 Å². The van der Waals surface area contributed by atoms with E-state index < -0.39 is 0 Å². The van der Waals surface area contributed by atoms with Crippen molar-refractivity contribution in [3.63, 3.8) is 0 Å². The second kappa shape index (κ2) is 12.3. The molecule has 0 spiro atoms. The summed E-state index contributed by atoms with van der Waals surface area (Å²) in [6.07, 6.45) is 1.38. The third-order valence-electron chi connectivity index (χ3n) is 3.61. The molecule has 0 unspecified atom stereocenters. The van der Waals surface area contributed by atoms with Crippen molar-refractivity contribution in [3.05, 3.63) is 30.3 Å². The number of amides is 1. The lowest BCUT2D eigenvalue weighted by Crippen LogP contribution is -2.36. The predicted octanol–water partition coefficient (Wildman–Crippen LogP) is 2.19. The van der Waals surface area contributed by atoms with Crippen LogP contribution in [0.5, 0.6) is 5.75 Å². The molecule has 0 aliphatic heterocycles. The zero-order valence-electron chi connectivity index (χ0n) is 15.6. The normalized spacial score (nSPS) is 10.6. The zero-order chi connectivity index (χ0) is 18.5. The van der Waals surface area contributed by atoms with Gasteiger partial charge in [0.05, 0.1) is 26.1 Å². The summed E-state index contributed by atoms with van der Waals surface area (Å²) < 4.78 is 10.5. The van der Waals surface area contributed by atoms with E-state index in [9.17, 15) is 9.59 Å². The lowest BCUT2D eigenvalue weighted by atomic mass is 10.3. The third kappa shape index (κ3) is 9.72. The van der Waals surface area contributed by atoms with E-state index in [1.54, 1.807) is 11.8 Å². The molecule has 0 aliphatic rings. The minimum atomic E-state index is -0.270. The summed E-state index contributed by atoms with van der Waals surface area (Å²) >= 11 is 0. The van der Waals surface area contributed by atoms with Gasteiger partial charge in [0.15, 0.2) is 0 Å². The van der Waals surface area contributed by atoms with Crippen molar-refractivity contribution < 1.29 is 19.1 Å². The summed E-state index contributed by atoms with van der Waals surface area (Å²) in [7, 11) is 4.00. The fraction of sp³-hybridized carbons (Fsp3) is 0.579. The largest absolute Gasteiger partial charge is 0.493 e. The summed E-state index contributed by atoms with van der Waals surface area (Å²) in [5.74, 6) is 0.480. The zero-order valence-corrected chi connectivity index (χ0v) is 15.6. The number of carbonyl (C=O) groups is 2. The van der Waals surface area contributed by atoms with Crippen LogP contribution in [0.25, 0.3) is 0 Å². The van der Waals surface area contributed by atoms with Gasteiger partial charge in [-0.25, -0.2) is 0 Å². The molecule has 0 fully saturated rings. The summed E-state index contributed by atoms with van der Waals surface area (Å²) in [4.78, 5) is 27.8. The minimum Gasteiger partial charge on any atom is -0.493 e. The number of hydrogen-bond acceptors (Lipinski definition) is 5. The summed E-state index contributed by atoms with van der Waals surface area (Å²) in [5, 5.41) is 0. The Morgan fingerprint density at radius 3 is 2.36 bits per heavy atom. The van der Waals surface area contributed by atoms with E-state index in [1.165, 1.54) is 0 Å². The molecule has 6 heteroatoms. The van der Waals surface area contributed by atoms with Crippen molar-refractivity contribution in [1.29, 1.82) is 0 Å². The van der Waals surface area contributed by atoms with Gasteiger partial charge >= 0.3 is 5.97 Å². The number of esters is 1. The monoisotopic (exact) mass is 350 g/mol. The SMILES string of the molecule is CCOC(=O)CCN(CCCN(C)C)C(=O)CCOc1ccccc1. The fourth-order valence-electron chi connectivity index (χ4n) is 2.33. The second-order valence-electron chi connectivity index (χ2n) is 6.00. The highest BCUT2D eigenvalue weighted by molar-refractivity contribution is 5.77. The van der Waals surface area contributed by atoms with E-state index in [-0.39, 0.29) is 18.3 Å². The Morgan fingerprint density at radius 1 is 1.00 bits per heavy atom. The van der Waals surface area contributed by atoms with Crippen LogP contribution in [0.2, 0.25) is 0 Å². The van der Waals surface area contributed by atoms with Gasteiger partial charge in [-0.2, -0.15) is 0 Å². The van der Waals surface area contributed by atoms with Crippen molar-refractivity contribution in [3.8, 4) is 5.75 Å². The molecule has 0 radical (unpaired) electrons. The van der Waals surface area contributed by atoms with E-state index >= 15 is 0 Å². The second-order valence-corrected chi connectivity index (χ2v) is 6.00. The number of benzene rings is 1. The molecule has 1 amide bonds. The topological polar surface area (TPSA) is 59.1 Å². The molecule has 0 saturated heterocycles. The van der Waals surface area contributed by atoms with Crippen molar-refractivity contribution in [2.75, 3.05) is 46.9 Å². The highest BCUT2D eigenvalue weighted by Gasteiger charge is 2.15. The number of nitrogens with zero attached hydrogens (tertiary/aromatic N) is 2. The van der Waals surface area contributed by atoms with Gasteiger partial charge in [0, 0.05) is 13.1 Å². The van der Waals surface area contributed by atoms with Gasteiger partial charge in [-0.15, -0.1) is 0 Å². The molecule has 1 rings (SSSR count). The van der Waals surface area contributed by atoms with Gasteiger partial charge in [0.2, 0.25) is 5.91 Å². The first-order valence-electron chi connectivity index (χ1n) is 8.79. The molecule has 1 aromatic rings. The maximum atomic E-state index is 12.5. The Kier molecular flexibility index (Phi) is 10.3. The number of carbonyl (C=O) groups excluding carboxylic acids is 2. The lowest BCUT2D eigenvalue weighted by molar-refractivity contribution is -0.144. The van der Waals surface area contributed by atoms with Crippen molar-refractivity contribution in [1.82, 2.24) is 9.80 Å². The summed E-state index contributed by atoms with van der Waals surface area (Å²) in [6, 6.07) is 9.42. The van der Waals surface area contributed by atoms with Gasteiger partial charge in [0.1, 0.15) is 5.75 Å². The Hall–Kier alpha value is -2.08. The number of para-hydroxylation sites is 1. The molecule has 0 aromatic heterocycles. The van der Waals surface area contributed by atoms with Crippen molar-refractivity contribution in [2.45, 2.75) is 26.2 Å². The van der Waals surface area contributed by atoms with Crippen LogP contribution in [0, 0.1) is 0 Å². The quantitative estimate of drug-likeness (QED) is 0.541. The molecular formula is C19H30N2O4. The van der Waals surface area contributed by atoms with Crippen LogP contribution in [-0.2, 0) is 14.3 Å². The third-order valence-corrected chi connectivity index (χ3v) is 3.61. The Bertz CT molecular complexity index is 505. The fourth-order valence-corrected chi connectivity index (χ4v) is 2.33. The predicted molar refractivity (Wildman–Crippen MR) is 97.6 cm³/mol. The molecule has 0 heterocycles. The van der Waals surface area contributed by atoms with Gasteiger partial charge in [-0.1, -0.05) is 18.2 Å². The molecule has 0 atom stereocenters. The molecule has 1 aromatic carbocycles. The maximum absolute atomic E-state index is 12.5. The van der Waals surface area contributed by atoms with Crippen LogP contribution in [0.3, 0.4) is 0 Å². The maximum Gasteiger partial charge on any atom is 0.307 e. The van der Waals surface area contributed by atoms with E-state index in [0.717, 1.165) is 18.7 Å². The average Bonchev–Trinajstić information content (AvgIpc) is 2.58. The molecule has 0 saturated carbocycles. The smallest absolute Gasteiger partial charge is 0.307 e. The van der Waals surface area contributed by atoms with Gasteiger partial charge in [-0.05, 0) is 46.1 Å². The Morgan fingerprint density at radius 2 is 1.72 bits per heavy atom. The molecular weight excluding hydrogens is 320 g/mol. The molecule has 25 heavy (non-hydrogen) atoms. The van der Waals surface area contributed by atoms with E-state index in [1.807, 2.05) is 44.4 Å². The first kappa shape index (κ1) is 21.0. The standard InChI is InChI=1S/C19H30N2O4/c1-4-24-19(23)11-15-21(14-8-13-20(2)3)18(22)12-16-25-17-9-6-5-7-10-17/h5-7,9-10H,4,8,11-16H2,1-3H3. The van der Waals surface area contributed by atoms with Crippen LogP contribution in [0.15, 0.2) is 30.3 Å². The molecule has 0 N–H and O–H groups in total. The number of rotatable bonds is 12. The van der Waals surface area contributed by atoms with Gasteiger partial charge in [-0.3, -0.25) is 9.59 Å². The first-order chi connectivity index (χ1) is 12.0. The first-order valence-corrected chi connectivity index (χ1v) is 8.79. The molecule has 0 bridgehead atoms. The molecule has 6 nitrogen and oxygen atoms in total. The Balaban J connectivity index is 2.44. The van der Waals surface area contributed by atoms with Crippen LogP contribution in [0.4, 0.5) is 0 Å². The minimum absolute atomic E-state index is 0.000939. The van der Waals surface area contributed by atoms with Gasteiger partial charge in [0.25, 0.3) is 0 Å². The van der Waals surface area contributed by atoms with Crippen LogP contribution in [-0.4, -0.2) is 68.6 Å². The molecule has 140 valence electrons.